The standard InChI is InChI=1S/C47H29N3O/c1-2-11-33(12-3-1)45-48-46(50-47(49-45)41-17-9-19-43-44(41)40-15-6-7-18-42(40)51-43)37-27-26-35-28-34(24-25-36(35)29-37)30-20-22-32(23-21-30)39-16-8-13-31-10-4-5-14-38(31)39/h1-29H. The van der Waals surface area contributed by atoms with Crippen LogP contribution in [0, 0.1) is 0 Å². The zero-order valence-electron chi connectivity index (χ0n) is 27.5. The van der Waals surface area contributed by atoms with Crippen LogP contribution < -0.4 is 0 Å². The average Bonchev–Trinajstić information content (AvgIpc) is 3.59. The summed E-state index contributed by atoms with van der Waals surface area (Å²) >= 11 is 0. The molecular weight excluding hydrogens is 623 g/mol. The van der Waals surface area contributed by atoms with Gasteiger partial charge in [0.15, 0.2) is 17.5 Å². The summed E-state index contributed by atoms with van der Waals surface area (Å²) in [7, 11) is 0. The van der Waals surface area contributed by atoms with Crippen molar-refractivity contribution in [2.24, 2.45) is 0 Å². The summed E-state index contributed by atoms with van der Waals surface area (Å²) in [5.41, 5.74) is 9.24. The van der Waals surface area contributed by atoms with Crippen LogP contribution in [0.4, 0.5) is 0 Å². The minimum absolute atomic E-state index is 0.610. The van der Waals surface area contributed by atoms with Crippen LogP contribution in [0.15, 0.2) is 180 Å². The number of fused-ring (bicyclic) bond motifs is 5. The molecule has 0 aliphatic rings. The van der Waals surface area contributed by atoms with Gasteiger partial charge in [0.25, 0.3) is 0 Å². The van der Waals surface area contributed by atoms with Crippen LogP contribution in [0.1, 0.15) is 0 Å². The number of hydrogen-bond acceptors (Lipinski definition) is 4. The van der Waals surface area contributed by atoms with Gasteiger partial charge in [-0.05, 0) is 68.1 Å². The maximum absolute atomic E-state index is 6.20. The van der Waals surface area contributed by atoms with Crippen molar-refractivity contribution < 1.29 is 4.42 Å². The normalized spacial score (nSPS) is 11.5. The summed E-state index contributed by atoms with van der Waals surface area (Å²) in [5, 5.41) is 6.83. The molecule has 51 heavy (non-hydrogen) atoms. The summed E-state index contributed by atoms with van der Waals surface area (Å²) in [5.74, 6) is 1.86. The molecule has 0 bridgehead atoms. The van der Waals surface area contributed by atoms with Crippen molar-refractivity contribution in [1.82, 2.24) is 15.0 Å². The Morgan fingerprint density at radius 1 is 0.314 bits per heavy atom. The van der Waals surface area contributed by atoms with E-state index in [9.17, 15) is 0 Å². The van der Waals surface area contributed by atoms with E-state index in [-0.39, 0.29) is 0 Å². The number of aromatic nitrogens is 3. The summed E-state index contributed by atoms with van der Waals surface area (Å²) in [6, 6.07) is 61.2. The second-order valence-corrected chi connectivity index (χ2v) is 12.8. The maximum Gasteiger partial charge on any atom is 0.164 e. The van der Waals surface area contributed by atoms with Gasteiger partial charge in [-0.2, -0.15) is 0 Å². The number of rotatable bonds is 5. The molecule has 0 amide bonds. The topological polar surface area (TPSA) is 51.8 Å². The molecule has 238 valence electrons. The molecule has 10 rings (SSSR count). The summed E-state index contributed by atoms with van der Waals surface area (Å²) in [6.07, 6.45) is 0. The molecule has 2 aromatic heterocycles. The van der Waals surface area contributed by atoms with E-state index in [2.05, 4.69) is 115 Å². The highest BCUT2D eigenvalue weighted by Gasteiger charge is 2.18. The number of para-hydroxylation sites is 1. The van der Waals surface area contributed by atoms with E-state index in [0.29, 0.717) is 17.5 Å². The number of benzene rings is 8. The lowest BCUT2D eigenvalue weighted by Gasteiger charge is -2.11. The Kier molecular flexibility index (Phi) is 6.78. The van der Waals surface area contributed by atoms with Crippen molar-refractivity contribution in [3.63, 3.8) is 0 Å². The maximum atomic E-state index is 6.20. The van der Waals surface area contributed by atoms with Crippen LogP contribution in [0.2, 0.25) is 0 Å². The Balaban J connectivity index is 1.04. The molecule has 0 spiro atoms. The molecule has 2 heterocycles. The molecule has 0 N–H and O–H groups in total. The van der Waals surface area contributed by atoms with E-state index in [1.54, 1.807) is 0 Å². The molecule has 0 fully saturated rings. The highest BCUT2D eigenvalue weighted by molar-refractivity contribution is 6.11. The van der Waals surface area contributed by atoms with Crippen molar-refractivity contribution in [2.45, 2.75) is 0 Å². The first-order chi connectivity index (χ1) is 25.2. The molecule has 10 aromatic rings. The van der Waals surface area contributed by atoms with Crippen molar-refractivity contribution in [3.05, 3.63) is 176 Å². The second kappa shape index (κ2) is 11.9. The summed E-state index contributed by atoms with van der Waals surface area (Å²) in [4.78, 5) is 15.1. The predicted molar refractivity (Wildman–Crippen MR) is 209 cm³/mol. The van der Waals surface area contributed by atoms with Gasteiger partial charge in [0.2, 0.25) is 0 Å². The smallest absolute Gasteiger partial charge is 0.164 e. The predicted octanol–water partition coefficient (Wildman–Crippen LogP) is 12.4. The van der Waals surface area contributed by atoms with Gasteiger partial charge in [-0.25, -0.2) is 15.0 Å². The molecule has 0 aliphatic carbocycles. The fourth-order valence-electron chi connectivity index (χ4n) is 7.19. The van der Waals surface area contributed by atoms with E-state index in [1.807, 2.05) is 60.7 Å². The van der Waals surface area contributed by atoms with Gasteiger partial charge in [0.1, 0.15) is 11.2 Å². The van der Waals surface area contributed by atoms with Gasteiger partial charge < -0.3 is 4.42 Å². The highest BCUT2D eigenvalue weighted by Crippen LogP contribution is 2.37. The number of nitrogens with zero attached hydrogens (tertiary/aromatic N) is 3. The minimum Gasteiger partial charge on any atom is -0.456 e. The Morgan fingerprint density at radius 2 is 0.882 bits per heavy atom. The quantitative estimate of drug-likeness (QED) is 0.186. The number of hydrogen-bond donors (Lipinski definition) is 0. The van der Waals surface area contributed by atoms with Crippen molar-refractivity contribution in [3.8, 4) is 56.4 Å². The zero-order valence-corrected chi connectivity index (χ0v) is 27.5. The zero-order chi connectivity index (χ0) is 33.7. The second-order valence-electron chi connectivity index (χ2n) is 12.8. The van der Waals surface area contributed by atoms with Crippen LogP contribution in [0.5, 0.6) is 0 Å². The third-order valence-corrected chi connectivity index (χ3v) is 9.73. The van der Waals surface area contributed by atoms with E-state index in [4.69, 9.17) is 19.4 Å². The molecule has 0 unspecified atom stereocenters. The van der Waals surface area contributed by atoms with Crippen molar-refractivity contribution in [2.75, 3.05) is 0 Å². The van der Waals surface area contributed by atoms with Gasteiger partial charge in [0, 0.05) is 27.5 Å². The van der Waals surface area contributed by atoms with Gasteiger partial charge in [-0.15, -0.1) is 0 Å². The first-order valence-corrected chi connectivity index (χ1v) is 17.1. The van der Waals surface area contributed by atoms with Crippen LogP contribution >= 0.6 is 0 Å². The van der Waals surface area contributed by atoms with E-state index >= 15 is 0 Å². The molecule has 0 radical (unpaired) electrons. The fourth-order valence-corrected chi connectivity index (χ4v) is 7.19. The fraction of sp³-hybridized carbons (Fsp3) is 0. The molecule has 4 heteroatoms. The lowest BCUT2D eigenvalue weighted by molar-refractivity contribution is 0.669. The van der Waals surface area contributed by atoms with Crippen LogP contribution in [-0.4, -0.2) is 15.0 Å². The molecule has 0 atom stereocenters. The summed E-state index contributed by atoms with van der Waals surface area (Å²) < 4.78 is 6.20. The Bertz CT molecular complexity index is 2900. The van der Waals surface area contributed by atoms with Gasteiger partial charge in [0.05, 0.1) is 0 Å². The van der Waals surface area contributed by atoms with E-state index in [1.165, 1.54) is 33.0 Å². The molecular formula is C47H29N3O. The van der Waals surface area contributed by atoms with Gasteiger partial charge >= 0.3 is 0 Å². The highest BCUT2D eigenvalue weighted by atomic mass is 16.3. The third kappa shape index (κ3) is 5.13. The van der Waals surface area contributed by atoms with Crippen LogP contribution in [0.3, 0.4) is 0 Å². The average molecular weight is 652 g/mol. The van der Waals surface area contributed by atoms with Crippen molar-refractivity contribution >= 4 is 43.5 Å². The molecule has 0 saturated heterocycles. The first-order valence-electron chi connectivity index (χ1n) is 17.1. The van der Waals surface area contributed by atoms with Crippen molar-refractivity contribution in [1.29, 1.82) is 0 Å². The number of furan rings is 1. The molecule has 0 aliphatic heterocycles. The van der Waals surface area contributed by atoms with E-state index in [0.717, 1.165) is 49.4 Å². The molecule has 8 aromatic carbocycles. The van der Waals surface area contributed by atoms with E-state index < -0.39 is 0 Å². The summed E-state index contributed by atoms with van der Waals surface area (Å²) in [6.45, 7) is 0. The molecule has 4 nitrogen and oxygen atoms in total. The monoisotopic (exact) mass is 651 g/mol. The largest absolute Gasteiger partial charge is 0.456 e. The van der Waals surface area contributed by atoms with Crippen LogP contribution in [0.25, 0.3) is 99.9 Å². The Labute approximate surface area is 294 Å². The molecule has 0 saturated carbocycles. The third-order valence-electron chi connectivity index (χ3n) is 9.73. The van der Waals surface area contributed by atoms with Crippen LogP contribution in [-0.2, 0) is 0 Å². The lowest BCUT2D eigenvalue weighted by atomic mass is 9.95. The Morgan fingerprint density at radius 3 is 1.73 bits per heavy atom. The van der Waals surface area contributed by atoms with Gasteiger partial charge in [-0.1, -0.05) is 152 Å². The Hall–Kier alpha value is -6.91. The lowest BCUT2D eigenvalue weighted by Crippen LogP contribution is -2.00. The first kappa shape index (κ1) is 29.0. The minimum atomic E-state index is 0.610. The SMILES string of the molecule is c1ccc(-c2nc(-c3ccc4cc(-c5ccc(-c6cccc7ccccc67)cc5)ccc4c3)nc(-c3cccc4oc5ccccc5c34)n2)cc1. The van der Waals surface area contributed by atoms with Gasteiger partial charge in [-0.3, -0.25) is 0 Å².